The zero-order valence-electron chi connectivity index (χ0n) is 9.51. The Bertz CT molecular complexity index is 431. The van der Waals surface area contributed by atoms with Crippen molar-refractivity contribution in [2.45, 2.75) is 20.3 Å². The highest BCUT2D eigenvalue weighted by atomic mass is 35.5. The summed E-state index contributed by atoms with van der Waals surface area (Å²) in [5.41, 5.74) is 3.01. The van der Waals surface area contributed by atoms with Crippen molar-refractivity contribution in [3.05, 3.63) is 22.7 Å². The van der Waals surface area contributed by atoms with Crippen LogP contribution in [0.1, 0.15) is 18.9 Å². The van der Waals surface area contributed by atoms with Gasteiger partial charge in [0.2, 0.25) is 5.91 Å². The molecule has 1 heterocycles. The lowest BCUT2D eigenvalue weighted by Gasteiger charge is -2.31. The molecule has 0 unspecified atom stereocenters. The molecule has 0 saturated heterocycles. The maximum absolute atomic E-state index is 11.8. The van der Waals surface area contributed by atoms with E-state index >= 15 is 0 Å². The van der Waals surface area contributed by atoms with Gasteiger partial charge in [-0.1, -0.05) is 18.5 Å². The average Bonchev–Trinajstić information content (AvgIpc) is 2.22. The molecule has 1 amide bonds. The normalized spacial score (nSPS) is 14.7. The average molecular weight is 239 g/mol. The van der Waals surface area contributed by atoms with Gasteiger partial charge in [-0.25, -0.2) is 0 Å². The summed E-state index contributed by atoms with van der Waals surface area (Å²) in [5, 5.41) is 3.82. The molecule has 0 aliphatic carbocycles. The van der Waals surface area contributed by atoms with E-state index < -0.39 is 0 Å². The Balaban J connectivity index is 2.49. The Morgan fingerprint density at radius 1 is 1.50 bits per heavy atom. The van der Waals surface area contributed by atoms with Crippen LogP contribution in [0.5, 0.6) is 0 Å². The number of fused-ring (bicyclic) bond motifs is 1. The first kappa shape index (κ1) is 11.3. The van der Waals surface area contributed by atoms with Crippen molar-refractivity contribution >= 4 is 28.9 Å². The Kier molecular flexibility index (Phi) is 3.06. The summed E-state index contributed by atoms with van der Waals surface area (Å²) in [6.07, 6.45) is 0.941. The number of carbonyl (C=O) groups excluding carboxylic acids is 1. The zero-order valence-corrected chi connectivity index (χ0v) is 10.3. The molecule has 16 heavy (non-hydrogen) atoms. The Morgan fingerprint density at radius 3 is 2.94 bits per heavy atom. The van der Waals surface area contributed by atoms with Gasteiger partial charge in [0.05, 0.1) is 17.9 Å². The molecule has 1 aromatic rings. The number of aryl methyl sites for hydroxylation is 1. The third-order valence-corrected chi connectivity index (χ3v) is 2.95. The van der Waals surface area contributed by atoms with Gasteiger partial charge in [-0.05, 0) is 31.0 Å². The molecule has 1 aromatic carbocycles. The summed E-state index contributed by atoms with van der Waals surface area (Å²) >= 11 is 6.03. The third kappa shape index (κ3) is 1.87. The van der Waals surface area contributed by atoms with Crippen LogP contribution in [0.25, 0.3) is 0 Å². The number of anilines is 2. The Morgan fingerprint density at radius 2 is 2.25 bits per heavy atom. The lowest BCUT2D eigenvalue weighted by Crippen LogP contribution is -2.40. The molecule has 3 nitrogen and oxygen atoms in total. The number of nitrogens with one attached hydrogen (secondary N) is 1. The van der Waals surface area contributed by atoms with Crippen LogP contribution in [0.2, 0.25) is 5.02 Å². The van der Waals surface area contributed by atoms with Gasteiger partial charge in [-0.3, -0.25) is 4.79 Å². The van der Waals surface area contributed by atoms with E-state index in [0.29, 0.717) is 11.6 Å². The molecule has 4 heteroatoms. The van der Waals surface area contributed by atoms with Crippen molar-refractivity contribution in [2.75, 3.05) is 23.3 Å². The number of rotatable bonds is 2. The molecule has 86 valence electrons. The SMILES string of the molecule is CCCN1C(=O)CNc2c(C)cc(Cl)cc21. The largest absolute Gasteiger partial charge is 0.374 e. The van der Waals surface area contributed by atoms with Crippen LogP contribution in [0.3, 0.4) is 0 Å². The molecule has 0 radical (unpaired) electrons. The molecule has 0 fully saturated rings. The predicted molar refractivity (Wildman–Crippen MR) is 67.3 cm³/mol. The molecular weight excluding hydrogens is 224 g/mol. The van der Waals surface area contributed by atoms with E-state index in [2.05, 4.69) is 12.2 Å². The van der Waals surface area contributed by atoms with Crippen LogP contribution in [-0.4, -0.2) is 19.0 Å². The fourth-order valence-electron chi connectivity index (χ4n) is 2.03. The predicted octanol–water partition coefficient (Wildman–Crippen LogP) is 2.82. The first-order valence-corrected chi connectivity index (χ1v) is 5.85. The van der Waals surface area contributed by atoms with Crippen LogP contribution >= 0.6 is 11.6 Å². The van der Waals surface area contributed by atoms with Gasteiger partial charge in [0, 0.05) is 11.6 Å². The lowest BCUT2D eigenvalue weighted by molar-refractivity contribution is -0.117. The van der Waals surface area contributed by atoms with Crippen molar-refractivity contribution < 1.29 is 4.79 Å². The zero-order chi connectivity index (χ0) is 11.7. The molecular formula is C12H15ClN2O. The monoisotopic (exact) mass is 238 g/mol. The van der Waals surface area contributed by atoms with Crippen molar-refractivity contribution in [3.63, 3.8) is 0 Å². The van der Waals surface area contributed by atoms with Crippen LogP contribution in [0.15, 0.2) is 12.1 Å². The summed E-state index contributed by atoms with van der Waals surface area (Å²) in [5.74, 6) is 0.107. The van der Waals surface area contributed by atoms with Gasteiger partial charge in [-0.15, -0.1) is 0 Å². The molecule has 1 aliphatic heterocycles. The van der Waals surface area contributed by atoms with Gasteiger partial charge in [-0.2, -0.15) is 0 Å². The highest BCUT2D eigenvalue weighted by Gasteiger charge is 2.24. The second-order valence-corrected chi connectivity index (χ2v) is 4.45. The van der Waals surface area contributed by atoms with E-state index in [1.54, 1.807) is 0 Å². The summed E-state index contributed by atoms with van der Waals surface area (Å²) < 4.78 is 0. The summed E-state index contributed by atoms with van der Waals surface area (Å²) in [6, 6.07) is 3.76. The van der Waals surface area contributed by atoms with Crippen molar-refractivity contribution in [2.24, 2.45) is 0 Å². The van der Waals surface area contributed by atoms with E-state index in [-0.39, 0.29) is 5.91 Å². The molecule has 2 rings (SSSR count). The minimum Gasteiger partial charge on any atom is -0.374 e. The van der Waals surface area contributed by atoms with E-state index in [4.69, 9.17) is 11.6 Å². The van der Waals surface area contributed by atoms with E-state index in [1.807, 2.05) is 24.0 Å². The van der Waals surface area contributed by atoms with Gasteiger partial charge in [0.1, 0.15) is 0 Å². The van der Waals surface area contributed by atoms with E-state index in [0.717, 1.165) is 29.9 Å². The summed E-state index contributed by atoms with van der Waals surface area (Å²) in [4.78, 5) is 13.6. The smallest absolute Gasteiger partial charge is 0.246 e. The maximum Gasteiger partial charge on any atom is 0.246 e. The Hall–Kier alpha value is -1.22. The second-order valence-electron chi connectivity index (χ2n) is 4.02. The van der Waals surface area contributed by atoms with Gasteiger partial charge in [0.15, 0.2) is 0 Å². The highest BCUT2D eigenvalue weighted by Crippen LogP contribution is 2.35. The molecule has 0 atom stereocenters. The van der Waals surface area contributed by atoms with Crippen molar-refractivity contribution in [3.8, 4) is 0 Å². The first-order valence-electron chi connectivity index (χ1n) is 5.48. The third-order valence-electron chi connectivity index (χ3n) is 2.73. The number of nitrogens with zero attached hydrogens (tertiary/aromatic N) is 1. The quantitative estimate of drug-likeness (QED) is 0.859. The minimum atomic E-state index is 0.107. The number of halogens is 1. The first-order chi connectivity index (χ1) is 7.63. The number of hydrogen-bond acceptors (Lipinski definition) is 2. The molecule has 0 spiro atoms. The van der Waals surface area contributed by atoms with E-state index in [9.17, 15) is 4.79 Å². The lowest BCUT2D eigenvalue weighted by atomic mass is 10.1. The van der Waals surface area contributed by atoms with Crippen LogP contribution < -0.4 is 10.2 Å². The van der Waals surface area contributed by atoms with Crippen molar-refractivity contribution in [1.82, 2.24) is 0 Å². The van der Waals surface area contributed by atoms with Crippen LogP contribution in [0, 0.1) is 6.92 Å². The number of benzene rings is 1. The highest BCUT2D eigenvalue weighted by molar-refractivity contribution is 6.31. The van der Waals surface area contributed by atoms with Gasteiger partial charge >= 0.3 is 0 Å². The minimum absolute atomic E-state index is 0.107. The number of carbonyl (C=O) groups is 1. The number of hydrogen-bond donors (Lipinski definition) is 1. The summed E-state index contributed by atoms with van der Waals surface area (Å²) in [6.45, 7) is 5.17. The van der Waals surface area contributed by atoms with Crippen LogP contribution in [-0.2, 0) is 4.79 Å². The molecule has 0 aromatic heterocycles. The number of amides is 1. The topological polar surface area (TPSA) is 32.3 Å². The molecule has 0 bridgehead atoms. The van der Waals surface area contributed by atoms with Crippen LogP contribution in [0.4, 0.5) is 11.4 Å². The molecule has 0 saturated carbocycles. The Labute approximate surface area is 100 Å². The second kappa shape index (κ2) is 4.34. The van der Waals surface area contributed by atoms with Gasteiger partial charge in [0.25, 0.3) is 0 Å². The maximum atomic E-state index is 11.8. The van der Waals surface area contributed by atoms with E-state index in [1.165, 1.54) is 0 Å². The molecule has 1 N–H and O–H groups in total. The standard InChI is InChI=1S/C12H15ClN2O/c1-3-4-15-10-6-9(13)5-8(2)12(10)14-7-11(15)16/h5-6,14H,3-4,7H2,1-2H3. The van der Waals surface area contributed by atoms with Crippen molar-refractivity contribution in [1.29, 1.82) is 0 Å². The van der Waals surface area contributed by atoms with Gasteiger partial charge < -0.3 is 10.2 Å². The fourth-order valence-corrected chi connectivity index (χ4v) is 2.30. The molecule has 1 aliphatic rings. The summed E-state index contributed by atoms with van der Waals surface area (Å²) in [7, 11) is 0. The fraction of sp³-hybridized carbons (Fsp3) is 0.417.